The molecule has 0 amide bonds. The summed E-state index contributed by atoms with van der Waals surface area (Å²) in [5.74, 6) is 1.82. The maximum atomic E-state index is 5.85. The lowest BCUT2D eigenvalue weighted by Gasteiger charge is -2.21. The number of fused-ring (bicyclic) bond motifs is 1. The number of halogens is 1. The van der Waals surface area contributed by atoms with Gasteiger partial charge in [-0.1, -0.05) is 48.7 Å². The largest absolute Gasteiger partial charge is 0.493 e. The molecule has 106 valence electrons. The van der Waals surface area contributed by atoms with E-state index in [9.17, 15) is 0 Å². The van der Waals surface area contributed by atoms with Crippen LogP contribution in [0.2, 0.25) is 0 Å². The van der Waals surface area contributed by atoms with Gasteiger partial charge in [-0.05, 0) is 37.4 Å². The Kier molecular flexibility index (Phi) is 5.71. The van der Waals surface area contributed by atoms with E-state index in [1.165, 1.54) is 18.4 Å². The van der Waals surface area contributed by atoms with Crippen molar-refractivity contribution in [2.24, 2.45) is 5.92 Å². The minimum atomic E-state index is 0.436. The number of rotatable bonds is 5. The monoisotopic (exact) mass is 325 g/mol. The molecule has 1 aliphatic rings. The van der Waals surface area contributed by atoms with E-state index >= 15 is 0 Å². The SMILES string of the molecule is CCC(CC)CNC1CCCOc2cc(Br)ccc21. The van der Waals surface area contributed by atoms with Crippen molar-refractivity contribution in [2.45, 2.75) is 45.6 Å². The van der Waals surface area contributed by atoms with Crippen molar-refractivity contribution in [1.82, 2.24) is 5.32 Å². The van der Waals surface area contributed by atoms with Gasteiger partial charge in [0.25, 0.3) is 0 Å². The van der Waals surface area contributed by atoms with Crippen LogP contribution in [0.1, 0.15) is 51.1 Å². The molecule has 0 spiro atoms. The molecule has 0 fully saturated rings. The Bertz CT molecular complexity index is 404. The zero-order chi connectivity index (χ0) is 13.7. The zero-order valence-electron chi connectivity index (χ0n) is 11.9. The third kappa shape index (κ3) is 3.96. The first-order chi connectivity index (χ1) is 9.24. The first kappa shape index (κ1) is 14.9. The summed E-state index contributed by atoms with van der Waals surface area (Å²) in [7, 11) is 0. The molecule has 0 saturated carbocycles. The van der Waals surface area contributed by atoms with Crippen molar-refractivity contribution in [2.75, 3.05) is 13.2 Å². The fourth-order valence-corrected chi connectivity index (χ4v) is 2.98. The summed E-state index contributed by atoms with van der Waals surface area (Å²) in [6, 6.07) is 6.83. The molecular formula is C16H24BrNO. The highest BCUT2D eigenvalue weighted by Crippen LogP contribution is 2.33. The predicted octanol–water partition coefficient (Wildman–Crippen LogP) is 4.69. The van der Waals surface area contributed by atoms with Gasteiger partial charge in [-0.2, -0.15) is 0 Å². The Hall–Kier alpha value is -0.540. The standard InChI is InChI=1S/C16H24BrNO/c1-3-12(4-2)11-18-15-6-5-9-19-16-10-13(17)7-8-14(15)16/h7-8,10,12,15,18H,3-6,9,11H2,1-2H3. The summed E-state index contributed by atoms with van der Waals surface area (Å²) >= 11 is 3.52. The van der Waals surface area contributed by atoms with Crippen molar-refractivity contribution in [1.29, 1.82) is 0 Å². The fraction of sp³-hybridized carbons (Fsp3) is 0.625. The second kappa shape index (κ2) is 7.30. The van der Waals surface area contributed by atoms with Gasteiger partial charge < -0.3 is 10.1 Å². The Morgan fingerprint density at radius 1 is 1.37 bits per heavy atom. The third-order valence-electron chi connectivity index (χ3n) is 4.05. The van der Waals surface area contributed by atoms with E-state index in [0.29, 0.717) is 6.04 Å². The molecule has 2 nitrogen and oxygen atoms in total. The molecule has 0 aliphatic carbocycles. The molecule has 19 heavy (non-hydrogen) atoms. The second-order valence-corrected chi connectivity index (χ2v) is 6.23. The quantitative estimate of drug-likeness (QED) is 0.848. The molecule has 1 unspecified atom stereocenters. The average Bonchev–Trinajstić information content (AvgIpc) is 2.62. The van der Waals surface area contributed by atoms with Gasteiger partial charge >= 0.3 is 0 Å². The van der Waals surface area contributed by atoms with Gasteiger partial charge in [0.15, 0.2) is 0 Å². The van der Waals surface area contributed by atoms with E-state index in [0.717, 1.165) is 42.1 Å². The molecule has 1 N–H and O–H groups in total. The highest BCUT2D eigenvalue weighted by atomic mass is 79.9. The van der Waals surface area contributed by atoms with Gasteiger partial charge in [0.2, 0.25) is 0 Å². The van der Waals surface area contributed by atoms with Crippen LogP contribution >= 0.6 is 15.9 Å². The lowest BCUT2D eigenvalue weighted by Crippen LogP contribution is -2.27. The third-order valence-corrected chi connectivity index (χ3v) is 4.55. The van der Waals surface area contributed by atoms with Crippen LogP contribution in [0.4, 0.5) is 0 Å². The van der Waals surface area contributed by atoms with E-state index in [2.05, 4.69) is 53.3 Å². The number of ether oxygens (including phenoxy) is 1. The fourth-order valence-electron chi connectivity index (χ4n) is 2.64. The summed E-state index contributed by atoms with van der Waals surface area (Å²) in [6.45, 7) is 6.48. The number of hydrogen-bond acceptors (Lipinski definition) is 2. The Labute approximate surface area is 125 Å². The normalized spacial score (nSPS) is 18.8. The Balaban J connectivity index is 2.09. The van der Waals surface area contributed by atoms with Crippen molar-refractivity contribution in [3.05, 3.63) is 28.2 Å². The number of nitrogens with one attached hydrogen (secondary N) is 1. The smallest absolute Gasteiger partial charge is 0.125 e. The van der Waals surface area contributed by atoms with Crippen LogP contribution in [0.5, 0.6) is 5.75 Å². The van der Waals surface area contributed by atoms with Crippen LogP contribution < -0.4 is 10.1 Å². The number of benzene rings is 1. The first-order valence-electron chi connectivity index (χ1n) is 7.40. The summed E-state index contributed by atoms with van der Waals surface area (Å²) in [6.07, 6.45) is 4.78. The summed E-state index contributed by atoms with van der Waals surface area (Å²) in [5, 5.41) is 3.74. The second-order valence-electron chi connectivity index (χ2n) is 5.32. The predicted molar refractivity (Wildman–Crippen MR) is 83.7 cm³/mol. The zero-order valence-corrected chi connectivity index (χ0v) is 13.5. The topological polar surface area (TPSA) is 21.3 Å². The van der Waals surface area contributed by atoms with Gasteiger partial charge in [0, 0.05) is 16.1 Å². The van der Waals surface area contributed by atoms with E-state index in [-0.39, 0.29) is 0 Å². The van der Waals surface area contributed by atoms with Gasteiger partial charge in [-0.25, -0.2) is 0 Å². The molecule has 0 bridgehead atoms. The maximum Gasteiger partial charge on any atom is 0.125 e. The summed E-state index contributed by atoms with van der Waals surface area (Å²) in [5.41, 5.74) is 1.31. The van der Waals surface area contributed by atoms with Crippen molar-refractivity contribution < 1.29 is 4.74 Å². The van der Waals surface area contributed by atoms with Gasteiger partial charge in [-0.3, -0.25) is 0 Å². The van der Waals surface area contributed by atoms with Crippen LogP contribution in [-0.2, 0) is 0 Å². The van der Waals surface area contributed by atoms with E-state index in [4.69, 9.17) is 4.74 Å². The minimum Gasteiger partial charge on any atom is -0.493 e. The van der Waals surface area contributed by atoms with Crippen LogP contribution in [0.3, 0.4) is 0 Å². The first-order valence-corrected chi connectivity index (χ1v) is 8.19. The highest BCUT2D eigenvalue weighted by Gasteiger charge is 2.20. The van der Waals surface area contributed by atoms with E-state index in [1.807, 2.05) is 0 Å². The lowest BCUT2D eigenvalue weighted by molar-refractivity contribution is 0.314. The van der Waals surface area contributed by atoms with Gasteiger partial charge in [0.1, 0.15) is 5.75 Å². The van der Waals surface area contributed by atoms with E-state index < -0.39 is 0 Å². The molecule has 1 atom stereocenters. The summed E-state index contributed by atoms with van der Waals surface area (Å²) in [4.78, 5) is 0. The molecule has 0 saturated heterocycles. The maximum absolute atomic E-state index is 5.85. The minimum absolute atomic E-state index is 0.436. The van der Waals surface area contributed by atoms with Crippen LogP contribution in [0, 0.1) is 5.92 Å². The molecule has 3 heteroatoms. The van der Waals surface area contributed by atoms with Gasteiger partial charge in [-0.15, -0.1) is 0 Å². The van der Waals surface area contributed by atoms with E-state index in [1.54, 1.807) is 0 Å². The average molecular weight is 326 g/mol. The Morgan fingerprint density at radius 2 is 2.16 bits per heavy atom. The molecular weight excluding hydrogens is 302 g/mol. The number of hydrogen-bond donors (Lipinski definition) is 1. The van der Waals surface area contributed by atoms with Crippen molar-refractivity contribution >= 4 is 15.9 Å². The highest BCUT2D eigenvalue weighted by molar-refractivity contribution is 9.10. The Morgan fingerprint density at radius 3 is 2.89 bits per heavy atom. The molecule has 1 aromatic carbocycles. The van der Waals surface area contributed by atoms with Crippen LogP contribution in [0.15, 0.2) is 22.7 Å². The van der Waals surface area contributed by atoms with Crippen LogP contribution in [0.25, 0.3) is 0 Å². The summed E-state index contributed by atoms with van der Waals surface area (Å²) < 4.78 is 6.94. The van der Waals surface area contributed by atoms with Crippen LogP contribution in [-0.4, -0.2) is 13.2 Å². The molecule has 1 heterocycles. The van der Waals surface area contributed by atoms with Crippen molar-refractivity contribution in [3.8, 4) is 5.75 Å². The van der Waals surface area contributed by atoms with Crippen molar-refractivity contribution in [3.63, 3.8) is 0 Å². The molecule has 0 radical (unpaired) electrons. The molecule has 0 aromatic heterocycles. The molecule has 1 aliphatic heterocycles. The molecule has 1 aromatic rings. The van der Waals surface area contributed by atoms with Gasteiger partial charge in [0.05, 0.1) is 6.61 Å². The molecule has 2 rings (SSSR count). The lowest BCUT2D eigenvalue weighted by atomic mass is 9.99.